The molecule has 1 unspecified atom stereocenters. The Morgan fingerprint density at radius 3 is 2.43 bits per heavy atom. The van der Waals surface area contributed by atoms with E-state index in [1.807, 2.05) is 25.1 Å². The van der Waals surface area contributed by atoms with E-state index in [0.29, 0.717) is 53.2 Å². The molecule has 9 rings (SSSR count). The molecule has 2 N–H and O–H groups in total. The fourth-order valence-corrected chi connectivity index (χ4v) is 11.3. The van der Waals surface area contributed by atoms with E-state index in [1.54, 1.807) is 50.9 Å². The first-order chi connectivity index (χ1) is 28.8. The second-order valence-corrected chi connectivity index (χ2v) is 19.2. The van der Waals surface area contributed by atoms with Crippen molar-refractivity contribution in [1.29, 1.82) is 0 Å². The number of aryl methyl sites for hydroxylation is 2. The lowest BCUT2D eigenvalue weighted by atomic mass is 9.96. The van der Waals surface area contributed by atoms with Crippen molar-refractivity contribution in [2.24, 2.45) is 13.0 Å². The summed E-state index contributed by atoms with van der Waals surface area (Å²) in [5.41, 5.74) is 3.74. The van der Waals surface area contributed by atoms with Crippen molar-refractivity contribution < 1.29 is 18.0 Å². The Balaban J connectivity index is 0.810. The lowest BCUT2D eigenvalue weighted by Crippen LogP contribution is -2.59. The van der Waals surface area contributed by atoms with Crippen molar-refractivity contribution in [1.82, 2.24) is 38.2 Å². The minimum Gasteiger partial charge on any atom is -0.367 e. The Bertz CT molecular complexity index is 2770. The van der Waals surface area contributed by atoms with Gasteiger partial charge in [-0.3, -0.25) is 38.3 Å². The lowest BCUT2D eigenvalue weighted by molar-refractivity contribution is -0.135. The minimum absolute atomic E-state index is 0.0375. The molecule has 5 aromatic rings. The first-order valence-corrected chi connectivity index (χ1v) is 22.5. The Morgan fingerprint density at radius 2 is 1.72 bits per heavy atom. The summed E-state index contributed by atoms with van der Waals surface area (Å²) >= 11 is 6.30. The third-order valence-electron chi connectivity index (χ3n) is 13.1. The van der Waals surface area contributed by atoms with Crippen molar-refractivity contribution >= 4 is 72.8 Å². The Morgan fingerprint density at radius 1 is 0.967 bits per heavy atom. The second-order valence-electron chi connectivity index (χ2n) is 16.8. The largest absolute Gasteiger partial charge is 0.367 e. The summed E-state index contributed by atoms with van der Waals surface area (Å²) in [7, 11) is 0.115. The van der Waals surface area contributed by atoms with Crippen LogP contribution in [-0.4, -0.2) is 98.9 Å². The summed E-state index contributed by atoms with van der Waals surface area (Å²) in [5, 5.41) is 6.43. The van der Waals surface area contributed by atoms with Crippen LogP contribution < -0.4 is 26.8 Å². The molecule has 316 valence electrons. The van der Waals surface area contributed by atoms with Gasteiger partial charge in [-0.2, -0.15) is 9.29 Å². The molecule has 3 saturated heterocycles. The molecule has 4 aliphatic rings. The fourth-order valence-electron chi connectivity index (χ4n) is 9.58. The highest BCUT2D eigenvalue weighted by Gasteiger charge is 2.37. The lowest BCUT2D eigenvalue weighted by Gasteiger charge is -2.47. The van der Waals surface area contributed by atoms with Crippen LogP contribution in [0.2, 0.25) is 5.02 Å². The zero-order chi connectivity index (χ0) is 42.0. The molecule has 3 aliphatic heterocycles. The number of hydrogen-bond donors (Lipinski definition) is 2. The average Bonchev–Trinajstić information content (AvgIpc) is 3.82. The van der Waals surface area contributed by atoms with Crippen LogP contribution in [0.25, 0.3) is 22.1 Å². The van der Waals surface area contributed by atoms with Crippen LogP contribution in [-0.2, 0) is 26.7 Å². The molecule has 3 aromatic heterocycles. The minimum atomic E-state index is -3.72. The third kappa shape index (κ3) is 7.18. The highest BCUT2D eigenvalue weighted by Crippen LogP contribution is 2.35. The SMILES string of the molecule is Cc1cc(S(=O)(=O)N2CCC(CN(C)C3CN(c4cccc5c4n(C)c(=O)n5C4CCC(=O)NC4=O)C3)CC2)ccc1Nc1ncc2cc(Cl)c(=O)n(C3CCCC3)c2n1. The molecule has 2 amide bonds. The number of sulfonamides is 1. The standard InChI is InChI=1S/C42H49ClN10O6S/c1-25-19-30(11-12-32(25)45-41-44-21-27-20-31(43)40(56)52(38(27)47-41)28-7-4-5-8-28)60(58,59)51-17-15-26(16-18-51)22-48(2)29-23-50(24-29)33-9-6-10-34-37(33)49(3)42(57)53(34)35-13-14-36(54)46-39(35)55/h6,9-12,19-21,26,28-29,35H,4-5,7-8,13-18,22-24H2,1-3H3,(H,44,45,47)(H,46,54,55). The first-order valence-electron chi connectivity index (χ1n) is 20.7. The predicted octanol–water partition coefficient (Wildman–Crippen LogP) is 4.46. The highest BCUT2D eigenvalue weighted by atomic mass is 35.5. The number of piperidine rings is 2. The number of fused-ring (bicyclic) bond motifs is 2. The summed E-state index contributed by atoms with van der Waals surface area (Å²) in [5.74, 6) is -0.119. The summed E-state index contributed by atoms with van der Waals surface area (Å²) in [6.07, 6.45) is 7.51. The maximum atomic E-state index is 13.9. The van der Waals surface area contributed by atoms with E-state index in [9.17, 15) is 27.6 Å². The second kappa shape index (κ2) is 15.7. The number of aromatic nitrogens is 5. The molecule has 1 saturated carbocycles. The number of halogens is 1. The number of carbonyl (C=O) groups is 2. The van der Waals surface area contributed by atoms with Gasteiger partial charge in [0.15, 0.2) is 0 Å². The number of imidazole rings is 1. The van der Waals surface area contributed by atoms with E-state index in [1.165, 1.54) is 4.57 Å². The van der Waals surface area contributed by atoms with Gasteiger partial charge < -0.3 is 10.2 Å². The number of nitrogens with one attached hydrogen (secondary N) is 2. The monoisotopic (exact) mass is 856 g/mol. The molecule has 0 radical (unpaired) electrons. The Kier molecular flexibility index (Phi) is 10.6. The molecule has 18 heteroatoms. The van der Waals surface area contributed by atoms with Crippen LogP contribution in [0.4, 0.5) is 17.3 Å². The number of benzene rings is 2. The van der Waals surface area contributed by atoms with Crippen molar-refractivity contribution in [2.75, 3.05) is 50.0 Å². The summed E-state index contributed by atoms with van der Waals surface area (Å²) in [6.45, 7) is 5.12. The number of pyridine rings is 1. The van der Waals surface area contributed by atoms with E-state index >= 15 is 0 Å². The van der Waals surface area contributed by atoms with E-state index in [2.05, 4.69) is 32.5 Å². The Labute approximate surface area is 352 Å². The summed E-state index contributed by atoms with van der Waals surface area (Å²) < 4.78 is 34.1. The van der Waals surface area contributed by atoms with Gasteiger partial charge in [0.05, 0.1) is 21.6 Å². The molecule has 1 atom stereocenters. The summed E-state index contributed by atoms with van der Waals surface area (Å²) in [4.78, 5) is 65.0. The van der Waals surface area contributed by atoms with Gasteiger partial charge in [0.25, 0.3) is 5.56 Å². The molecule has 2 aromatic carbocycles. The van der Waals surface area contributed by atoms with E-state index in [4.69, 9.17) is 16.6 Å². The van der Waals surface area contributed by atoms with Crippen LogP contribution >= 0.6 is 11.6 Å². The average molecular weight is 857 g/mol. The van der Waals surface area contributed by atoms with Crippen molar-refractivity contribution in [3.8, 4) is 0 Å². The maximum absolute atomic E-state index is 13.9. The van der Waals surface area contributed by atoms with Gasteiger partial charge in [0.2, 0.25) is 27.8 Å². The molecular weight excluding hydrogens is 808 g/mol. The summed E-state index contributed by atoms with van der Waals surface area (Å²) in [6, 6.07) is 12.0. The van der Waals surface area contributed by atoms with E-state index < -0.39 is 22.0 Å². The zero-order valence-electron chi connectivity index (χ0n) is 33.9. The molecule has 0 bridgehead atoms. The van der Waals surface area contributed by atoms with E-state index in [-0.39, 0.29) is 46.0 Å². The number of nitrogens with zero attached hydrogens (tertiary/aromatic N) is 8. The van der Waals surface area contributed by atoms with Gasteiger partial charge in [0.1, 0.15) is 16.7 Å². The van der Waals surface area contributed by atoms with Crippen molar-refractivity contribution in [3.05, 3.63) is 80.1 Å². The number of amides is 2. The molecule has 4 fully saturated rings. The topological polar surface area (TPSA) is 177 Å². The van der Waals surface area contributed by atoms with Gasteiger partial charge in [0, 0.05) is 75.5 Å². The maximum Gasteiger partial charge on any atom is 0.329 e. The fraction of sp³-hybridized carbons (Fsp3) is 0.476. The number of imide groups is 1. The van der Waals surface area contributed by atoms with Crippen molar-refractivity contribution in [2.45, 2.75) is 81.3 Å². The molecule has 16 nitrogen and oxygen atoms in total. The number of rotatable bonds is 10. The van der Waals surface area contributed by atoms with Gasteiger partial charge in [-0.05, 0) is 94.0 Å². The number of hydrogen-bond acceptors (Lipinski definition) is 11. The number of anilines is 3. The van der Waals surface area contributed by atoms with Crippen molar-refractivity contribution in [3.63, 3.8) is 0 Å². The van der Waals surface area contributed by atoms with Gasteiger partial charge in [-0.15, -0.1) is 0 Å². The van der Waals surface area contributed by atoms with Crippen LogP contribution in [0.5, 0.6) is 0 Å². The predicted molar refractivity (Wildman–Crippen MR) is 229 cm³/mol. The third-order valence-corrected chi connectivity index (χ3v) is 15.2. The van der Waals surface area contributed by atoms with Crippen LogP contribution in [0, 0.1) is 12.8 Å². The van der Waals surface area contributed by atoms with E-state index in [0.717, 1.165) is 74.9 Å². The van der Waals surface area contributed by atoms with Crippen LogP contribution in [0.15, 0.2) is 63.1 Å². The van der Waals surface area contributed by atoms with Crippen LogP contribution in [0.3, 0.4) is 0 Å². The van der Waals surface area contributed by atoms with Gasteiger partial charge >= 0.3 is 5.69 Å². The number of para-hydroxylation sites is 1. The molecule has 0 spiro atoms. The zero-order valence-corrected chi connectivity index (χ0v) is 35.5. The Hall–Kier alpha value is -5.10. The molecule has 60 heavy (non-hydrogen) atoms. The normalized spacial score (nSPS) is 20.1. The van der Waals surface area contributed by atoms with Gasteiger partial charge in [-0.1, -0.05) is 30.5 Å². The quantitative estimate of drug-likeness (QED) is 0.190. The number of likely N-dealkylation sites (N-methyl/N-ethyl adjacent to an activating group) is 1. The smallest absolute Gasteiger partial charge is 0.329 e. The number of carbonyl (C=O) groups excluding carboxylic acids is 2. The van der Waals surface area contributed by atoms with Gasteiger partial charge in [-0.25, -0.2) is 18.2 Å². The molecular formula is C42H49ClN10O6S. The first kappa shape index (κ1) is 40.3. The highest BCUT2D eigenvalue weighted by molar-refractivity contribution is 7.89. The molecule has 6 heterocycles. The van der Waals surface area contributed by atoms with Crippen LogP contribution in [0.1, 0.15) is 69.0 Å². The molecule has 1 aliphatic carbocycles.